The minimum absolute atomic E-state index is 0. The lowest BCUT2D eigenvalue weighted by Gasteiger charge is -2.24. The summed E-state index contributed by atoms with van der Waals surface area (Å²) in [6.07, 6.45) is 5.68. The topological polar surface area (TPSA) is 70.2 Å². The first-order chi connectivity index (χ1) is 13.6. The maximum absolute atomic E-state index is 13.3. The molecule has 2 aromatic rings. The summed E-state index contributed by atoms with van der Waals surface area (Å²) in [7, 11) is 0. The predicted octanol–water partition coefficient (Wildman–Crippen LogP) is 4.36. The van der Waals surface area contributed by atoms with E-state index >= 15 is 0 Å². The molecule has 4 rings (SSSR count). The van der Waals surface area contributed by atoms with Gasteiger partial charge in [-0.05, 0) is 61.6 Å². The molecule has 0 radical (unpaired) electrons. The molecule has 2 amide bonds. The first-order valence-corrected chi connectivity index (χ1v) is 9.82. The Hall–Kier alpha value is -2.44. The van der Waals surface area contributed by atoms with Crippen LogP contribution in [0, 0.1) is 11.7 Å². The van der Waals surface area contributed by atoms with Gasteiger partial charge in [-0.25, -0.2) is 4.39 Å². The molecule has 2 aromatic carbocycles. The highest BCUT2D eigenvalue weighted by molar-refractivity contribution is 6.05. The molecular weight excluding hydrogens is 393 g/mol. The lowest BCUT2D eigenvalue weighted by atomic mass is 9.85. The van der Waals surface area contributed by atoms with Crippen molar-refractivity contribution in [2.75, 3.05) is 10.6 Å². The summed E-state index contributed by atoms with van der Waals surface area (Å²) in [5.41, 5.74) is 1.36. The summed E-state index contributed by atoms with van der Waals surface area (Å²) < 4.78 is 13.3. The monoisotopic (exact) mass is 417 g/mol. The van der Waals surface area contributed by atoms with Crippen molar-refractivity contribution in [2.45, 2.75) is 44.2 Å². The molecule has 1 aliphatic carbocycles. The number of benzene rings is 2. The molecule has 1 saturated heterocycles. The Morgan fingerprint density at radius 3 is 2.45 bits per heavy atom. The van der Waals surface area contributed by atoms with E-state index in [9.17, 15) is 14.0 Å². The van der Waals surface area contributed by atoms with Gasteiger partial charge in [0, 0.05) is 23.0 Å². The van der Waals surface area contributed by atoms with Crippen molar-refractivity contribution in [3.8, 4) is 0 Å². The van der Waals surface area contributed by atoms with E-state index in [4.69, 9.17) is 0 Å². The fourth-order valence-corrected chi connectivity index (χ4v) is 4.26. The van der Waals surface area contributed by atoms with Gasteiger partial charge in [0.1, 0.15) is 5.82 Å². The maximum Gasteiger partial charge on any atom is 0.255 e. The zero-order valence-corrected chi connectivity index (χ0v) is 16.8. The summed E-state index contributed by atoms with van der Waals surface area (Å²) >= 11 is 0. The Kier molecular flexibility index (Phi) is 6.87. The van der Waals surface area contributed by atoms with Crippen LogP contribution in [0.4, 0.5) is 15.8 Å². The third-order valence-corrected chi connectivity index (χ3v) is 5.65. The average Bonchev–Trinajstić information content (AvgIpc) is 3.13. The van der Waals surface area contributed by atoms with Gasteiger partial charge >= 0.3 is 0 Å². The van der Waals surface area contributed by atoms with Gasteiger partial charge in [0.2, 0.25) is 5.91 Å². The van der Waals surface area contributed by atoms with Crippen molar-refractivity contribution in [3.05, 3.63) is 59.9 Å². The SMILES string of the molecule is Cl.O=C(Nc1cccc(F)c1)c1cccc(NC(=O)C2CC3CCCCC3N2)c1. The minimum atomic E-state index is -0.413. The first-order valence-electron chi connectivity index (χ1n) is 9.82. The van der Waals surface area contributed by atoms with E-state index in [1.807, 2.05) is 0 Å². The van der Waals surface area contributed by atoms with Gasteiger partial charge in [0.15, 0.2) is 0 Å². The Balaban J connectivity index is 0.00000240. The maximum atomic E-state index is 13.3. The second-order valence-electron chi connectivity index (χ2n) is 7.64. The Morgan fingerprint density at radius 2 is 1.69 bits per heavy atom. The van der Waals surface area contributed by atoms with E-state index in [1.54, 1.807) is 30.3 Å². The van der Waals surface area contributed by atoms with E-state index < -0.39 is 5.82 Å². The molecule has 1 aliphatic heterocycles. The molecule has 0 spiro atoms. The smallest absolute Gasteiger partial charge is 0.255 e. The van der Waals surface area contributed by atoms with E-state index in [1.165, 1.54) is 37.5 Å². The third-order valence-electron chi connectivity index (χ3n) is 5.65. The van der Waals surface area contributed by atoms with Crippen LogP contribution in [-0.4, -0.2) is 23.9 Å². The molecule has 0 aromatic heterocycles. The summed E-state index contributed by atoms with van der Waals surface area (Å²) in [5, 5.41) is 9.05. The van der Waals surface area contributed by atoms with Crippen LogP contribution in [0.3, 0.4) is 0 Å². The van der Waals surface area contributed by atoms with Crippen LogP contribution in [0.25, 0.3) is 0 Å². The van der Waals surface area contributed by atoms with Crippen molar-refractivity contribution < 1.29 is 14.0 Å². The molecule has 1 saturated carbocycles. The van der Waals surface area contributed by atoms with Gasteiger partial charge in [-0.3, -0.25) is 9.59 Å². The standard InChI is InChI=1S/C22H24FN3O2.ClH/c23-16-7-4-9-18(13-16)24-21(27)15-6-3-8-17(11-15)25-22(28)20-12-14-5-1-2-10-19(14)26-20;/h3-4,6-9,11,13-14,19-20,26H,1-2,5,10,12H2,(H,24,27)(H,25,28);1H. The number of halogens is 2. The first kappa shape index (κ1) is 21.3. The average molecular weight is 418 g/mol. The number of anilines is 2. The molecule has 3 N–H and O–H groups in total. The lowest BCUT2D eigenvalue weighted by molar-refractivity contribution is -0.117. The van der Waals surface area contributed by atoms with Crippen LogP contribution < -0.4 is 16.0 Å². The molecule has 3 atom stereocenters. The van der Waals surface area contributed by atoms with Crippen molar-refractivity contribution in [3.63, 3.8) is 0 Å². The number of carbonyl (C=O) groups is 2. The van der Waals surface area contributed by atoms with Gasteiger partial charge < -0.3 is 16.0 Å². The molecule has 0 bridgehead atoms. The highest BCUT2D eigenvalue weighted by Gasteiger charge is 2.38. The normalized spacial score (nSPS) is 22.9. The number of hydrogen-bond donors (Lipinski definition) is 3. The zero-order chi connectivity index (χ0) is 19.5. The van der Waals surface area contributed by atoms with E-state index in [2.05, 4.69) is 16.0 Å². The molecule has 7 heteroatoms. The van der Waals surface area contributed by atoms with E-state index in [0.717, 1.165) is 12.8 Å². The number of carbonyl (C=O) groups excluding carboxylic acids is 2. The second-order valence-corrected chi connectivity index (χ2v) is 7.64. The predicted molar refractivity (Wildman–Crippen MR) is 114 cm³/mol. The Bertz CT molecular complexity index is 878. The fraction of sp³-hybridized carbons (Fsp3) is 0.364. The number of nitrogens with one attached hydrogen (secondary N) is 3. The summed E-state index contributed by atoms with van der Waals surface area (Å²) in [6, 6.07) is 12.8. The van der Waals surface area contributed by atoms with Gasteiger partial charge in [0.25, 0.3) is 5.91 Å². The zero-order valence-electron chi connectivity index (χ0n) is 16.0. The van der Waals surface area contributed by atoms with Crippen molar-refractivity contribution in [1.82, 2.24) is 5.32 Å². The van der Waals surface area contributed by atoms with Crippen LogP contribution in [0.2, 0.25) is 0 Å². The van der Waals surface area contributed by atoms with Gasteiger partial charge in [0.05, 0.1) is 6.04 Å². The van der Waals surface area contributed by atoms with Gasteiger partial charge in [-0.2, -0.15) is 0 Å². The molecule has 1 heterocycles. The van der Waals surface area contributed by atoms with Crippen LogP contribution in [0.15, 0.2) is 48.5 Å². The summed E-state index contributed by atoms with van der Waals surface area (Å²) in [4.78, 5) is 25.1. The Morgan fingerprint density at radius 1 is 0.966 bits per heavy atom. The number of hydrogen-bond acceptors (Lipinski definition) is 3. The van der Waals surface area contributed by atoms with Gasteiger partial charge in [-0.15, -0.1) is 12.4 Å². The molecule has 29 heavy (non-hydrogen) atoms. The lowest BCUT2D eigenvalue weighted by Crippen LogP contribution is -2.39. The van der Waals surface area contributed by atoms with E-state index in [-0.39, 0.29) is 30.3 Å². The molecule has 3 unspecified atom stereocenters. The highest BCUT2D eigenvalue weighted by atomic mass is 35.5. The van der Waals surface area contributed by atoms with Crippen LogP contribution in [0.5, 0.6) is 0 Å². The number of rotatable bonds is 4. The van der Waals surface area contributed by atoms with Crippen molar-refractivity contribution in [2.24, 2.45) is 5.92 Å². The summed E-state index contributed by atoms with van der Waals surface area (Å²) in [6.45, 7) is 0. The van der Waals surface area contributed by atoms with E-state index in [0.29, 0.717) is 28.9 Å². The van der Waals surface area contributed by atoms with Gasteiger partial charge in [-0.1, -0.05) is 25.0 Å². The van der Waals surface area contributed by atoms with Crippen molar-refractivity contribution >= 4 is 35.6 Å². The largest absolute Gasteiger partial charge is 0.325 e. The fourth-order valence-electron chi connectivity index (χ4n) is 4.26. The Labute approximate surface area is 175 Å². The molecule has 154 valence electrons. The van der Waals surface area contributed by atoms with Crippen molar-refractivity contribution in [1.29, 1.82) is 0 Å². The molecule has 2 fully saturated rings. The molecular formula is C22H25ClFN3O2. The molecule has 2 aliphatic rings. The van der Waals surface area contributed by atoms with Crippen LogP contribution in [-0.2, 0) is 4.79 Å². The van der Waals surface area contributed by atoms with Crippen LogP contribution in [0.1, 0.15) is 42.5 Å². The number of fused-ring (bicyclic) bond motifs is 1. The quantitative estimate of drug-likeness (QED) is 0.692. The summed E-state index contributed by atoms with van der Waals surface area (Å²) in [5.74, 6) is -0.236. The molecule has 5 nitrogen and oxygen atoms in total. The third kappa shape index (κ3) is 5.14. The number of amides is 2. The van der Waals surface area contributed by atoms with Crippen LogP contribution >= 0.6 is 12.4 Å². The minimum Gasteiger partial charge on any atom is -0.325 e. The second kappa shape index (κ2) is 9.37. The highest BCUT2D eigenvalue weighted by Crippen LogP contribution is 2.33.